The molecule has 0 heterocycles. The lowest BCUT2D eigenvalue weighted by atomic mass is 9.97. The summed E-state index contributed by atoms with van der Waals surface area (Å²) in [4.78, 5) is 12.8. The topological polar surface area (TPSA) is 17.1 Å². The first-order valence-corrected chi connectivity index (χ1v) is 9.64. The van der Waals surface area contributed by atoms with E-state index in [1.54, 1.807) is 0 Å². The lowest BCUT2D eigenvalue weighted by molar-refractivity contribution is 0.104. The molecule has 0 fully saturated rings. The van der Waals surface area contributed by atoms with E-state index in [9.17, 15) is 4.79 Å². The zero-order valence-electron chi connectivity index (χ0n) is 14.4. The van der Waals surface area contributed by atoms with Crippen LogP contribution in [0.4, 0.5) is 0 Å². The predicted molar refractivity (Wildman–Crippen MR) is 114 cm³/mol. The minimum absolute atomic E-state index is 0.101. The molecule has 1 aliphatic rings. The Bertz CT molecular complexity index is 1170. The van der Waals surface area contributed by atoms with Crippen LogP contribution >= 0.6 is 15.9 Å². The number of carbonyl (C=O) groups is 1. The number of benzene rings is 4. The van der Waals surface area contributed by atoms with Gasteiger partial charge in [0.2, 0.25) is 0 Å². The molecule has 0 saturated heterocycles. The van der Waals surface area contributed by atoms with Crippen molar-refractivity contribution in [2.24, 2.45) is 0 Å². The fourth-order valence-corrected chi connectivity index (χ4v) is 4.08. The van der Waals surface area contributed by atoms with Crippen LogP contribution in [-0.2, 0) is 0 Å². The second-order valence-electron chi connectivity index (χ2n) is 6.72. The Kier molecular flexibility index (Phi) is 3.80. The van der Waals surface area contributed by atoms with Gasteiger partial charge >= 0.3 is 0 Å². The predicted octanol–water partition coefficient (Wildman–Crippen LogP) is 6.99. The summed E-state index contributed by atoms with van der Waals surface area (Å²) in [5, 5.41) is 0. The van der Waals surface area contributed by atoms with Gasteiger partial charge in [-0.1, -0.05) is 88.7 Å². The first-order valence-electron chi connectivity index (χ1n) is 8.85. The van der Waals surface area contributed by atoms with Crippen LogP contribution in [0, 0.1) is 0 Å². The Morgan fingerprint density at radius 1 is 0.481 bits per heavy atom. The van der Waals surface area contributed by atoms with Crippen molar-refractivity contribution in [2.75, 3.05) is 0 Å². The molecule has 0 bridgehead atoms. The van der Waals surface area contributed by atoms with Gasteiger partial charge in [-0.05, 0) is 51.6 Å². The van der Waals surface area contributed by atoms with E-state index in [-0.39, 0.29) is 5.78 Å². The summed E-state index contributed by atoms with van der Waals surface area (Å²) >= 11 is 3.46. The summed E-state index contributed by atoms with van der Waals surface area (Å²) in [5.41, 5.74) is 8.17. The molecule has 4 aromatic rings. The lowest BCUT2D eigenvalue weighted by Crippen LogP contribution is -1.95. The maximum Gasteiger partial charge on any atom is 0.194 e. The van der Waals surface area contributed by atoms with E-state index in [1.165, 1.54) is 11.1 Å². The number of hydrogen-bond acceptors (Lipinski definition) is 1. The van der Waals surface area contributed by atoms with Gasteiger partial charge in [0.05, 0.1) is 0 Å². The molecule has 128 valence electrons. The first kappa shape index (κ1) is 16.2. The molecule has 0 unspecified atom stereocenters. The molecule has 0 aromatic heterocycles. The summed E-state index contributed by atoms with van der Waals surface area (Å²) in [6.45, 7) is 0. The van der Waals surface area contributed by atoms with Crippen molar-refractivity contribution >= 4 is 21.7 Å². The van der Waals surface area contributed by atoms with E-state index < -0.39 is 0 Å². The van der Waals surface area contributed by atoms with E-state index in [4.69, 9.17) is 0 Å². The molecule has 27 heavy (non-hydrogen) atoms. The summed E-state index contributed by atoms with van der Waals surface area (Å²) in [6.07, 6.45) is 0. The normalized spacial score (nSPS) is 12.0. The number of fused-ring (bicyclic) bond motifs is 3. The minimum Gasteiger partial charge on any atom is -0.289 e. The zero-order chi connectivity index (χ0) is 18.4. The van der Waals surface area contributed by atoms with E-state index in [0.29, 0.717) is 0 Å². The quantitative estimate of drug-likeness (QED) is 0.306. The molecule has 0 saturated carbocycles. The second-order valence-corrected chi connectivity index (χ2v) is 7.64. The van der Waals surface area contributed by atoms with E-state index in [1.807, 2.05) is 42.5 Å². The number of rotatable bonds is 2. The van der Waals surface area contributed by atoms with E-state index in [2.05, 4.69) is 64.5 Å². The molecule has 4 aromatic carbocycles. The summed E-state index contributed by atoms with van der Waals surface area (Å²) < 4.78 is 0.930. The molecule has 0 amide bonds. The smallest absolute Gasteiger partial charge is 0.194 e. The molecule has 0 N–H and O–H groups in total. The maximum atomic E-state index is 12.8. The van der Waals surface area contributed by atoms with Gasteiger partial charge in [0.1, 0.15) is 0 Å². The van der Waals surface area contributed by atoms with Gasteiger partial charge in [-0.3, -0.25) is 4.79 Å². The third-order valence-corrected chi connectivity index (χ3v) is 5.60. The highest BCUT2D eigenvalue weighted by molar-refractivity contribution is 9.10. The van der Waals surface area contributed by atoms with E-state index >= 15 is 0 Å². The molecule has 0 radical (unpaired) electrons. The van der Waals surface area contributed by atoms with Crippen LogP contribution in [0.5, 0.6) is 0 Å². The highest BCUT2D eigenvalue weighted by Gasteiger charge is 2.27. The van der Waals surface area contributed by atoms with Crippen molar-refractivity contribution in [3.05, 3.63) is 107 Å². The van der Waals surface area contributed by atoms with Crippen LogP contribution in [0.1, 0.15) is 15.9 Å². The standard InChI is InChI=1S/C25H15BrO/c26-20-11-13-22-21-12-10-19(14-23(21)25(27)24(22)15-20)18-8-6-17(7-9-18)16-4-2-1-3-5-16/h1-15H. The van der Waals surface area contributed by atoms with E-state index in [0.717, 1.165) is 37.9 Å². The Labute approximate surface area is 166 Å². The average molecular weight is 411 g/mol. The van der Waals surface area contributed by atoms with Crippen LogP contribution in [0.15, 0.2) is 95.5 Å². The van der Waals surface area contributed by atoms with Gasteiger partial charge < -0.3 is 0 Å². The van der Waals surface area contributed by atoms with Crippen molar-refractivity contribution in [1.82, 2.24) is 0 Å². The summed E-state index contributed by atoms with van der Waals surface area (Å²) in [6, 6.07) is 30.9. The molecular weight excluding hydrogens is 396 g/mol. The Morgan fingerprint density at radius 2 is 1.00 bits per heavy atom. The van der Waals surface area contributed by atoms with Gasteiger partial charge in [0.15, 0.2) is 5.78 Å². The van der Waals surface area contributed by atoms with Gasteiger partial charge in [-0.15, -0.1) is 0 Å². The van der Waals surface area contributed by atoms with Gasteiger partial charge in [-0.25, -0.2) is 0 Å². The zero-order valence-corrected chi connectivity index (χ0v) is 16.0. The molecule has 0 aliphatic heterocycles. The van der Waals surface area contributed by atoms with Crippen molar-refractivity contribution < 1.29 is 4.79 Å². The molecule has 0 atom stereocenters. The van der Waals surface area contributed by atoms with Gasteiger partial charge in [0, 0.05) is 15.6 Å². The third kappa shape index (κ3) is 2.73. The van der Waals surface area contributed by atoms with Crippen LogP contribution in [0.2, 0.25) is 0 Å². The molecular formula is C25H15BrO. The van der Waals surface area contributed by atoms with Crippen molar-refractivity contribution in [2.45, 2.75) is 0 Å². The Morgan fingerprint density at radius 3 is 1.70 bits per heavy atom. The van der Waals surface area contributed by atoms with Crippen molar-refractivity contribution in [3.63, 3.8) is 0 Å². The molecule has 0 spiro atoms. The molecule has 5 rings (SSSR count). The number of carbonyl (C=O) groups excluding carboxylic acids is 1. The molecule has 2 heteroatoms. The molecule has 1 aliphatic carbocycles. The third-order valence-electron chi connectivity index (χ3n) is 5.11. The molecule has 1 nitrogen and oxygen atoms in total. The number of halogens is 1. The fraction of sp³-hybridized carbons (Fsp3) is 0. The Hall–Kier alpha value is -2.97. The summed E-state index contributed by atoms with van der Waals surface area (Å²) in [5.74, 6) is 0.101. The first-order chi connectivity index (χ1) is 13.2. The largest absolute Gasteiger partial charge is 0.289 e. The number of ketones is 1. The number of hydrogen-bond donors (Lipinski definition) is 0. The monoisotopic (exact) mass is 410 g/mol. The van der Waals surface area contributed by atoms with Crippen LogP contribution in [-0.4, -0.2) is 5.78 Å². The average Bonchev–Trinajstić information content (AvgIpc) is 3.00. The van der Waals surface area contributed by atoms with Gasteiger partial charge in [-0.2, -0.15) is 0 Å². The minimum atomic E-state index is 0.101. The van der Waals surface area contributed by atoms with Crippen LogP contribution in [0.25, 0.3) is 33.4 Å². The van der Waals surface area contributed by atoms with Crippen molar-refractivity contribution in [1.29, 1.82) is 0 Å². The fourth-order valence-electron chi connectivity index (χ4n) is 3.72. The SMILES string of the molecule is O=C1c2cc(Br)ccc2-c2ccc(-c3ccc(-c4ccccc4)cc3)cc21. The summed E-state index contributed by atoms with van der Waals surface area (Å²) in [7, 11) is 0. The second kappa shape index (κ2) is 6.33. The van der Waals surface area contributed by atoms with Crippen molar-refractivity contribution in [3.8, 4) is 33.4 Å². The lowest BCUT2D eigenvalue weighted by Gasteiger charge is -2.07. The van der Waals surface area contributed by atoms with Crippen LogP contribution < -0.4 is 0 Å². The maximum absolute atomic E-state index is 12.8. The van der Waals surface area contributed by atoms with Gasteiger partial charge in [0.25, 0.3) is 0 Å². The highest BCUT2D eigenvalue weighted by Crippen LogP contribution is 2.39. The van der Waals surface area contributed by atoms with Crippen LogP contribution in [0.3, 0.4) is 0 Å². The Balaban J connectivity index is 1.53. The highest BCUT2D eigenvalue weighted by atomic mass is 79.9.